The molecule has 2 fully saturated rings. The van der Waals surface area contributed by atoms with Crippen LogP contribution in [0.2, 0.25) is 0 Å². The summed E-state index contributed by atoms with van der Waals surface area (Å²) >= 11 is 0. The van der Waals surface area contributed by atoms with Crippen LogP contribution >= 0.6 is 0 Å². The maximum absolute atomic E-state index is 10.5. The summed E-state index contributed by atoms with van der Waals surface area (Å²) in [7, 11) is 3.02. The van der Waals surface area contributed by atoms with Crippen molar-refractivity contribution in [3.05, 3.63) is 0 Å². The predicted molar refractivity (Wildman–Crippen MR) is 72.1 cm³/mol. The molecular weight excluding hydrogens is 337 g/mol. The van der Waals surface area contributed by atoms with E-state index in [2.05, 4.69) is 0 Å². The smallest absolute Gasteiger partial charge is 0.229 e. The van der Waals surface area contributed by atoms with Crippen molar-refractivity contribution in [3.8, 4) is 0 Å². The Hall–Kier alpha value is -0.616. The van der Waals surface area contributed by atoms with Gasteiger partial charge in [0, 0.05) is 72.5 Å². The van der Waals surface area contributed by atoms with Gasteiger partial charge in [-0.1, -0.05) is 21.3 Å². The van der Waals surface area contributed by atoms with Crippen LogP contribution in [-0.4, -0.2) is 47.5 Å². The van der Waals surface area contributed by atoms with E-state index in [0.29, 0.717) is 25.7 Å². The molecule has 2 aliphatic heterocycles. The van der Waals surface area contributed by atoms with Crippen LogP contribution in [-0.2, 0) is 51.9 Å². The number of imide groups is 2. The van der Waals surface area contributed by atoms with E-state index < -0.39 is 0 Å². The van der Waals surface area contributed by atoms with Gasteiger partial charge < -0.3 is 0 Å². The summed E-state index contributed by atoms with van der Waals surface area (Å²) in [6, 6.07) is 0. The van der Waals surface area contributed by atoms with Crippen LogP contribution in [0.5, 0.6) is 0 Å². The van der Waals surface area contributed by atoms with Crippen LogP contribution in [0, 0.1) is 0 Å². The average molecular weight is 361 g/mol. The van der Waals surface area contributed by atoms with Crippen LogP contribution in [0.3, 0.4) is 0 Å². The Kier molecular flexibility index (Phi) is 14.8. The number of hydrogen-bond acceptors (Lipinski definition) is 4. The molecule has 0 unspecified atom stereocenters. The molecule has 113 valence electrons. The van der Waals surface area contributed by atoms with E-state index in [1.54, 1.807) is 0 Å². The molecule has 20 heavy (non-hydrogen) atoms. The minimum Gasteiger partial charge on any atom is -0.286 e. The maximum atomic E-state index is 10.5. The van der Waals surface area contributed by atoms with Crippen LogP contribution in [0.25, 0.3) is 0 Å². The fraction of sp³-hybridized carbons (Fsp3) is 0.692. The molecule has 2 aliphatic rings. The normalized spacial score (nSPS) is 16.6. The van der Waals surface area contributed by atoms with Gasteiger partial charge in [0.15, 0.2) is 0 Å². The summed E-state index contributed by atoms with van der Waals surface area (Å²) in [6.45, 7) is 4.00. The molecule has 0 aromatic rings. The van der Waals surface area contributed by atoms with Gasteiger partial charge in [-0.3, -0.25) is 29.0 Å². The van der Waals surface area contributed by atoms with Gasteiger partial charge in [-0.15, -0.1) is 0 Å². The predicted octanol–water partition coefficient (Wildman–Crippen LogP) is 1.19. The van der Waals surface area contributed by atoms with Gasteiger partial charge in [0.05, 0.1) is 0 Å². The third-order valence-electron chi connectivity index (χ3n) is 2.60. The second kappa shape index (κ2) is 12.1. The zero-order chi connectivity index (χ0) is 14.3. The van der Waals surface area contributed by atoms with E-state index in [1.165, 1.54) is 23.9 Å². The molecular formula is C13H24N2O4Y. The van der Waals surface area contributed by atoms with Crippen molar-refractivity contribution in [2.24, 2.45) is 0 Å². The topological polar surface area (TPSA) is 74.8 Å². The first-order valence-corrected chi connectivity index (χ1v) is 6.02. The third kappa shape index (κ3) is 7.24. The van der Waals surface area contributed by atoms with Crippen LogP contribution in [0.15, 0.2) is 0 Å². The first kappa shape index (κ1) is 24.4. The largest absolute Gasteiger partial charge is 0.286 e. The Labute approximate surface area is 146 Å². The van der Waals surface area contributed by atoms with Crippen molar-refractivity contribution in [2.45, 2.75) is 47.0 Å². The average Bonchev–Trinajstić information content (AvgIpc) is 2.83. The van der Waals surface area contributed by atoms with Crippen molar-refractivity contribution < 1.29 is 51.9 Å². The Morgan fingerprint density at radius 3 is 0.850 bits per heavy atom. The first-order valence-electron chi connectivity index (χ1n) is 6.02. The number of nitrogens with zero attached hydrogens (tertiary/aromatic N) is 2. The summed E-state index contributed by atoms with van der Waals surface area (Å²) in [6.07, 6.45) is 1.59. The summed E-state index contributed by atoms with van der Waals surface area (Å²) in [5, 5.41) is 0. The SMILES string of the molecule is C.CC.CN1C(=O)CCC1=O.CN1C(=O)CCC1=O.[Y]. The number of rotatable bonds is 0. The Morgan fingerprint density at radius 1 is 0.650 bits per heavy atom. The molecule has 0 saturated carbocycles. The summed E-state index contributed by atoms with van der Waals surface area (Å²) in [4.78, 5) is 44.3. The number of hydrogen-bond donors (Lipinski definition) is 0. The van der Waals surface area contributed by atoms with Gasteiger partial charge in [0.2, 0.25) is 23.6 Å². The molecule has 6 nitrogen and oxygen atoms in total. The molecule has 1 radical (unpaired) electrons. The van der Waals surface area contributed by atoms with Crippen molar-refractivity contribution in [1.29, 1.82) is 0 Å². The Morgan fingerprint density at radius 2 is 0.800 bits per heavy atom. The number of carbonyl (C=O) groups is 4. The standard InChI is InChI=1S/2C5H7NO2.C2H6.CH4.Y/c2*1-6-4(7)2-3-5(6)8;1-2;;/h2*2-3H2,1H3;1-2H3;1H4;. The molecule has 4 amide bonds. The third-order valence-corrected chi connectivity index (χ3v) is 2.60. The van der Waals surface area contributed by atoms with E-state index >= 15 is 0 Å². The molecule has 0 spiro atoms. The van der Waals surface area contributed by atoms with Gasteiger partial charge >= 0.3 is 0 Å². The van der Waals surface area contributed by atoms with Gasteiger partial charge in [-0.25, -0.2) is 0 Å². The van der Waals surface area contributed by atoms with Crippen LogP contribution in [0.4, 0.5) is 0 Å². The number of likely N-dealkylation sites (tertiary alicyclic amines) is 2. The van der Waals surface area contributed by atoms with E-state index in [1.807, 2.05) is 13.8 Å². The minimum atomic E-state index is -0.0602. The molecule has 0 aromatic carbocycles. The summed E-state index contributed by atoms with van der Waals surface area (Å²) in [5.74, 6) is -0.241. The van der Waals surface area contributed by atoms with E-state index in [4.69, 9.17) is 0 Å². The van der Waals surface area contributed by atoms with Gasteiger partial charge in [0.25, 0.3) is 0 Å². The van der Waals surface area contributed by atoms with E-state index in [0.717, 1.165) is 0 Å². The number of carbonyl (C=O) groups excluding carboxylic acids is 4. The first-order chi connectivity index (χ1) is 8.43. The van der Waals surface area contributed by atoms with Gasteiger partial charge in [0.1, 0.15) is 0 Å². The second-order valence-electron chi connectivity index (χ2n) is 3.69. The number of amides is 4. The molecule has 2 heterocycles. The van der Waals surface area contributed by atoms with Crippen molar-refractivity contribution in [2.75, 3.05) is 14.1 Å². The second-order valence-corrected chi connectivity index (χ2v) is 3.69. The van der Waals surface area contributed by atoms with Crippen molar-refractivity contribution in [1.82, 2.24) is 9.80 Å². The van der Waals surface area contributed by atoms with Crippen molar-refractivity contribution in [3.63, 3.8) is 0 Å². The quantitative estimate of drug-likeness (QED) is 0.608. The molecule has 0 N–H and O–H groups in total. The summed E-state index contributed by atoms with van der Waals surface area (Å²) < 4.78 is 0. The van der Waals surface area contributed by atoms with Gasteiger partial charge in [-0.2, -0.15) is 0 Å². The summed E-state index contributed by atoms with van der Waals surface area (Å²) in [5.41, 5.74) is 0. The van der Waals surface area contributed by atoms with Crippen molar-refractivity contribution >= 4 is 23.6 Å². The molecule has 0 atom stereocenters. The fourth-order valence-electron chi connectivity index (χ4n) is 1.38. The Balaban J connectivity index is -0.000000236. The zero-order valence-corrected chi connectivity index (χ0v) is 14.8. The molecule has 2 saturated heterocycles. The molecule has 7 heteroatoms. The van der Waals surface area contributed by atoms with Crippen LogP contribution in [0.1, 0.15) is 47.0 Å². The monoisotopic (exact) mass is 361 g/mol. The van der Waals surface area contributed by atoms with Crippen LogP contribution < -0.4 is 0 Å². The molecule has 0 bridgehead atoms. The molecule has 0 aromatic heterocycles. The zero-order valence-electron chi connectivity index (χ0n) is 11.9. The molecule has 2 rings (SSSR count). The van der Waals surface area contributed by atoms with E-state index in [9.17, 15) is 19.2 Å². The van der Waals surface area contributed by atoms with Gasteiger partial charge in [-0.05, 0) is 0 Å². The Bertz CT molecular complexity index is 292. The molecule has 0 aliphatic carbocycles. The fourth-order valence-corrected chi connectivity index (χ4v) is 1.38. The maximum Gasteiger partial charge on any atom is 0.229 e. The minimum absolute atomic E-state index is 0. The van der Waals surface area contributed by atoms with E-state index in [-0.39, 0.29) is 63.8 Å².